The van der Waals surface area contributed by atoms with E-state index in [2.05, 4.69) is 0 Å². The number of methoxy groups -OCH3 is 1. The molecule has 0 bridgehead atoms. The summed E-state index contributed by atoms with van der Waals surface area (Å²) in [6.45, 7) is 8.45. The quantitative estimate of drug-likeness (QED) is 0.618. The van der Waals surface area contributed by atoms with Gasteiger partial charge >= 0.3 is 0 Å². The largest absolute Gasteiger partial charge is 0.493 e. The van der Waals surface area contributed by atoms with Gasteiger partial charge in [-0.25, -0.2) is 0 Å². The van der Waals surface area contributed by atoms with Crippen LogP contribution in [0.4, 0.5) is 0 Å². The van der Waals surface area contributed by atoms with E-state index in [0.29, 0.717) is 57.1 Å². The zero-order valence-electron chi connectivity index (χ0n) is 17.3. The lowest BCUT2D eigenvalue weighted by molar-refractivity contribution is -0.144. The average molecular weight is 411 g/mol. The summed E-state index contributed by atoms with van der Waals surface area (Å²) < 4.78 is 10.9. The van der Waals surface area contributed by atoms with Crippen LogP contribution in [-0.2, 0) is 16.0 Å². The minimum Gasteiger partial charge on any atom is -0.493 e. The first-order valence-corrected chi connectivity index (χ1v) is 10.3. The van der Waals surface area contributed by atoms with Crippen molar-refractivity contribution >= 4 is 23.4 Å². The van der Waals surface area contributed by atoms with Crippen LogP contribution in [-0.4, -0.2) is 67.4 Å². The molecule has 1 heterocycles. The number of rotatable bonds is 8. The van der Waals surface area contributed by atoms with Crippen molar-refractivity contribution in [1.29, 1.82) is 0 Å². The second-order valence-corrected chi connectivity index (χ2v) is 7.88. The predicted octanol–water partition coefficient (Wildman–Crippen LogP) is 2.96. The van der Waals surface area contributed by atoms with Crippen molar-refractivity contribution in [2.24, 2.45) is 5.41 Å². The van der Waals surface area contributed by atoms with Gasteiger partial charge in [0.1, 0.15) is 0 Å². The second kappa shape index (κ2) is 10.0. The first kappa shape index (κ1) is 22.3. The molecule has 1 aliphatic rings. The molecule has 0 saturated carbocycles. The monoisotopic (exact) mass is 410 g/mol. The summed E-state index contributed by atoms with van der Waals surface area (Å²) in [5, 5.41) is 0. The number of hydrogen-bond donors (Lipinski definition) is 0. The Labute approximate surface area is 172 Å². The molecule has 0 aromatic heterocycles. The summed E-state index contributed by atoms with van der Waals surface area (Å²) in [6.07, 6.45) is 1.07. The number of nitrogens with zero attached hydrogens (tertiary/aromatic N) is 2. The first-order valence-electron chi connectivity index (χ1n) is 9.75. The Morgan fingerprint density at radius 1 is 1.11 bits per heavy atom. The summed E-state index contributed by atoms with van der Waals surface area (Å²) in [5.41, 5.74) is 0.465. The zero-order chi connectivity index (χ0) is 20.7. The summed E-state index contributed by atoms with van der Waals surface area (Å²) >= 11 is 5.91. The van der Waals surface area contributed by atoms with Crippen LogP contribution in [0.3, 0.4) is 0 Å². The molecule has 156 valence electrons. The number of carbonyl (C=O) groups excluding carboxylic acids is 2. The highest BCUT2D eigenvalue weighted by molar-refractivity contribution is 6.19. The minimum atomic E-state index is -0.569. The maximum absolute atomic E-state index is 12.6. The highest BCUT2D eigenvalue weighted by Crippen LogP contribution is 2.28. The Morgan fingerprint density at radius 3 is 2.32 bits per heavy atom. The van der Waals surface area contributed by atoms with E-state index in [9.17, 15) is 9.59 Å². The van der Waals surface area contributed by atoms with Crippen LogP contribution in [0.2, 0.25) is 0 Å². The van der Waals surface area contributed by atoms with E-state index in [-0.39, 0.29) is 17.7 Å². The Hall–Kier alpha value is -1.95. The number of benzene rings is 1. The Balaban J connectivity index is 1.86. The van der Waals surface area contributed by atoms with E-state index in [4.69, 9.17) is 21.1 Å². The number of aryl methyl sites for hydroxylation is 1. The average Bonchev–Trinajstić information content (AvgIpc) is 2.72. The number of halogens is 1. The predicted molar refractivity (Wildman–Crippen MR) is 110 cm³/mol. The van der Waals surface area contributed by atoms with Gasteiger partial charge in [-0.3, -0.25) is 9.59 Å². The first-order chi connectivity index (χ1) is 13.3. The summed E-state index contributed by atoms with van der Waals surface area (Å²) in [4.78, 5) is 28.7. The number of alkyl halides is 1. The molecule has 1 aromatic carbocycles. The maximum atomic E-state index is 12.6. The number of carbonyl (C=O) groups is 2. The summed E-state index contributed by atoms with van der Waals surface area (Å²) in [6, 6.07) is 5.76. The fourth-order valence-electron chi connectivity index (χ4n) is 3.20. The van der Waals surface area contributed by atoms with E-state index < -0.39 is 5.41 Å². The van der Waals surface area contributed by atoms with E-state index in [1.807, 2.05) is 48.8 Å². The summed E-state index contributed by atoms with van der Waals surface area (Å²) in [7, 11) is 1.61. The molecule has 1 fully saturated rings. The number of ether oxygens (including phenoxy) is 2. The molecule has 6 nitrogen and oxygen atoms in total. The molecule has 28 heavy (non-hydrogen) atoms. The van der Waals surface area contributed by atoms with Crippen LogP contribution in [0.25, 0.3) is 0 Å². The van der Waals surface area contributed by atoms with Crippen LogP contribution in [0, 0.1) is 5.41 Å². The third-order valence-electron chi connectivity index (χ3n) is 4.99. The van der Waals surface area contributed by atoms with Gasteiger partial charge in [0.05, 0.1) is 19.1 Å². The molecular weight excluding hydrogens is 380 g/mol. The van der Waals surface area contributed by atoms with Crippen LogP contribution in [0.5, 0.6) is 11.5 Å². The van der Waals surface area contributed by atoms with Gasteiger partial charge in [0.15, 0.2) is 11.5 Å². The maximum Gasteiger partial charge on any atom is 0.229 e. The van der Waals surface area contributed by atoms with Crippen molar-refractivity contribution in [3.8, 4) is 11.5 Å². The normalized spacial score (nSPS) is 14.8. The lowest BCUT2D eigenvalue weighted by atomic mass is 9.94. The Bertz CT molecular complexity index is 685. The SMILES string of the molecule is CCOc1ccc(CCC(=O)N2CCN(C(=O)C(C)(C)CCl)CC2)cc1OC. The van der Waals surface area contributed by atoms with Crippen LogP contribution >= 0.6 is 11.6 Å². The van der Waals surface area contributed by atoms with Crippen LogP contribution < -0.4 is 9.47 Å². The standard InChI is InChI=1S/C21H31ClN2O4/c1-5-28-17-8-6-16(14-18(17)27-4)7-9-19(25)23-10-12-24(13-11-23)20(26)21(2,3)15-22/h6,8,14H,5,7,9-13,15H2,1-4H3. The molecule has 0 radical (unpaired) electrons. The van der Waals surface area contributed by atoms with Crippen LogP contribution in [0.1, 0.15) is 32.8 Å². The highest BCUT2D eigenvalue weighted by Gasteiger charge is 2.33. The fraction of sp³-hybridized carbons (Fsp3) is 0.619. The molecule has 0 spiro atoms. The molecule has 0 atom stereocenters. The number of amides is 2. The Morgan fingerprint density at radius 2 is 1.75 bits per heavy atom. The molecule has 1 aliphatic heterocycles. The van der Waals surface area contributed by atoms with Crippen molar-refractivity contribution < 1.29 is 19.1 Å². The van der Waals surface area contributed by atoms with E-state index in [1.54, 1.807) is 7.11 Å². The second-order valence-electron chi connectivity index (χ2n) is 7.61. The molecule has 7 heteroatoms. The van der Waals surface area contributed by atoms with Gasteiger partial charge in [0.2, 0.25) is 11.8 Å². The molecular formula is C21H31ClN2O4. The van der Waals surface area contributed by atoms with Gasteiger partial charge in [-0.15, -0.1) is 11.6 Å². The third kappa shape index (κ3) is 5.53. The molecule has 0 aliphatic carbocycles. The van der Waals surface area contributed by atoms with Crippen molar-refractivity contribution in [1.82, 2.24) is 9.80 Å². The van der Waals surface area contributed by atoms with Gasteiger partial charge in [-0.2, -0.15) is 0 Å². The number of piperazine rings is 1. The van der Waals surface area contributed by atoms with Gasteiger partial charge in [-0.05, 0) is 44.9 Å². The van der Waals surface area contributed by atoms with Gasteiger partial charge in [0, 0.05) is 38.5 Å². The van der Waals surface area contributed by atoms with Crippen molar-refractivity contribution in [2.45, 2.75) is 33.6 Å². The lowest BCUT2D eigenvalue weighted by Gasteiger charge is -2.38. The van der Waals surface area contributed by atoms with Crippen molar-refractivity contribution in [2.75, 3.05) is 45.8 Å². The van der Waals surface area contributed by atoms with Gasteiger partial charge in [-0.1, -0.05) is 6.07 Å². The smallest absolute Gasteiger partial charge is 0.229 e. The van der Waals surface area contributed by atoms with Gasteiger partial charge < -0.3 is 19.3 Å². The molecule has 1 saturated heterocycles. The molecule has 0 unspecified atom stereocenters. The fourth-order valence-corrected chi connectivity index (χ4v) is 3.31. The van der Waals surface area contributed by atoms with Crippen molar-refractivity contribution in [3.05, 3.63) is 23.8 Å². The van der Waals surface area contributed by atoms with Crippen LogP contribution in [0.15, 0.2) is 18.2 Å². The Kier molecular flexibility index (Phi) is 7.98. The van der Waals surface area contributed by atoms with Gasteiger partial charge in [0.25, 0.3) is 0 Å². The van der Waals surface area contributed by atoms with E-state index in [0.717, 1.165) is 5.56 Å². The zero-order valence-corrected chi connectivity index (χ0v) is 18.1. The lowest BCUT2D eigenvalue weighted by Crippen LogP contribution is -2.53. The minimum absolute atomic E-state index is 0.0519. The molecule has 2 amide bonds. The molecule has 1 aromatic rings. The molecule has 2 rings (SSSR count). The molecule has 0 N–H and O–H groups in total. The van der Waals surface area contributed by atoms with E-state index in [1.165, 1.54) is 0 Å². The third-order valence-corrected chi connectivity index (χ3v) is 5.66. The van der Waals surface area contributed by atoms with E-state index >= 15 is 0 Å². The number of hydrogen-bond acceptors (Lipinski definition) is 4. The van der Waals surface area contributed by atoms with Crippen molar-refractivity contribution in [3.63, 3.8) is 0 Å². The topological polar surface area (TPSA) is 59.1 Å². The highest BCUT2D eigenvalue weighted by atomic mass is 35.5. The summed E-state index contributed by atoms with van der Waals surface area (Å²) in [5.74, 6) is 1.84.